The summed E-state index contributed by atoms with van der Waals surface area (Å²) in [6, 6.07) is 3.39. The number of hydrogen-bond donors (Lipinski definition) is 1. The number of pyridine rings is 1. The van der Waals surface area contributed by atoms with Crippen LogP contribution < -0.4 is 11.0 Å². The molecule has 26 heavy (non-hydrogen) atoms. The van der Waals surface area contributed by atoms with Crippen LogP contribution in [0, 0.1) is 0 Å². The van der Waals surface area contributed by atoms with Gasteiger partial charge in [0.2, 0.25) is 0 Å². The quantitative estimate of drug-likeness (QED) is 0.740. The first kappa shape index (κ1) is 19.8. The largest absolute Gasteiger partial charge is 0.444 e. The van der Waals surface area contributed by atoms with E-state index in [1.165, 1.54) is 17.1 Å². The minimum atomic E-state index is -0.671. The number of aromatic nitrogens is 4. The molecule has 10 heteroatoms. The zero-order chi connectivity index (χ0) is 19.3. The Balaban J connectivity index is 2.04. The second-order valence-electron chi connectivity index (χ2n) is 6.40. The molecule has 0 spiro atoms. The maximum absolute atomic E-state index is 13.1. The standard InChI is InChI=1S/C16H19BrFN5O3/c1-16(2,3)26-14(24)20-7-11(6-18)9-23-15(25)22(10-21-23)12-4-5-13(17)19-8-12/h4-6,8,10H,7,9H2,1-3H3,(H,20,24). The van der Waals surface area contributed by atoms with Gasteiger partial charge in [0.05, 0.1) is 24.8 Å². The smallest absolute Gasteiger partial charge is 0.407 e. The predicted octanol–water partition coefficient (Wildman–Crippen LogP) is 2.57. The van der Waals surface area contributed by atoms with Crippen molar-refractivity contribution in [1.29, 1.82) is 0 Å². The Bertz CT molecular complexity index is 852. The Morgan fingerprint density at radius 1 is 1.42 bits per heavy atom. The molecule has 140 valence electrons. The molecule has 2 aromatic heterocycles. The highest BCUT2D eigenvalue weighted by atomic mass is 79.9. The Labute approximate surface area is 157 Å². The fourth-order valence-electron chi connectivity index (χ4n) is 1.95. The second-order valence-corrected chi connectivity index (χ2v) is 7.22. The number of nitrogens with zero attached hydrogens (tertiary/aromatic N) is 4. The molecule has 2 aromatic rings. The van der Waals surface area contributed by atoms with Crippen LogP contribution in [0.1, 0.15) is 20.8 Å². The van der Waals surface area contributed by atoms with Gasteiger partial charge < -0.3 is 10.1 Å². The Kier molecular flexibility index (Phi) is 6.30. The number of halogens is 2. The SMILES string of the molecule is CC(C)(C)OC(=O)NCC(=CF)Cn1ncn(-c2ccc(Br)nc2)c1=O. The van der Waals surface area contributed by atoms with Gasteiger partial charge in [-0.2, -0.15) is 5.10 Å². The molecule has 0 aliphatic carbocycles. The maximum Gasteiger partial charge on any atom is 0.407 e. The fourth-order valence-corrected chi connectivity index (χ4v) is 2.19. The van der Waals surface area contributed by atoms with E-state index in [1.807, 2.05) is 0 Å². The highest BCUT2D eigenvalue weighted by Crippen LogP contribution is 2.09. The van der Waals surface area contributed by atoms with Crippen molar-refractivity contribution in [2.75, 3.05) is 6.54 Å². The van der Waals surface area contributed by atoms with Gasteiger partial charge in [0.1, 0.15) is 16.5 Å². The van der Waals surface area contributed by atoms with Gasteiger partial charge in [0, 0.05) is 6.54 Å². The highest BCUT2D eigenvalue weighted by Gasteiger charge is 2.16. The van der Waals surface area contributed by atoms with Crippen LogP contribution in [0.3, 0.4) is 0 Å². The van der Waals surface area contributed by atoms with Gasteiger partial charge in [-0.05, 0) is 54.4 Å². The summed E-state index contributed by atoms with van der Waals surface area (Å²) in [7, 11) is 0. The topological polar surface area (TPSA) is 91.0 Å². The Morgan fingerprint density at radius 2 is 2.15 bits per heavy atom. The maximum atomic E-state index is 13.1. The summed E-state index contributed by atoms with van der Waals surface area (Å²) in [6.45, 7) is 4.96. The first-order chi connectivity index (χ1) is 12.2. The lowest BCUT2D eigenvalue weighted by molar-refractivity contribution is 0.0532. The van der Waals surface area contributed by atoms with Crippen LogP contribution in [0.2, 0.25) is 0 Å². The molecule has 1 amide bonds. The number of nitrogens with one attached hydrogen (secondary N) is 1. The van der Waals surface area contributed by atoms with E-state index >= 15 is 0 Å². The zero-order valence-electron chi connectivity index (χ0n) is 14.6. The van der Waals surface area contributed by atoms with Gasteiger partial charge in [-0.3, -0.25) is 0 Å². The number of rotatable bonds is 5. The van der Waals surface area contributed by atoms with Gasteiger partial charge >= 0.3 is 11.8 Å². The van der Waals surface area contributed by atoms with Crippen LogP contribution in [0.4, 0.5) is 9.18 Å². The molecule has 2 rings (SSSR count). The molecule has 0 saturated carbocycles. The summed E-state index contributed by atoms with van der Waals surface area (Å²) < 4.78 is 21.2. The van der Waals surface area contributed by atoms with Crippen molar-refractivity contribution in [3.8, 4) is 5.69 Å². The van der Waals surface area contributed by atoms with Crippen molar-refractivity contribution in [3.05, 3.63) is 51.6 Å². The lowest BCUT2D eigenvalue weighted by Gasteiger charge is -2.19. The number of amides is 1. The summed E-state index contributed by atoms with van der Waals surface area (Å²) >= 11 is 3.22. The Morgan fingerprint density at radius 3 is 2.73 bits per heavy atom. The van der Waals surface area contributed by atoms with Crippen molar-refractivity contribution in [2.24, 2.45) is 0 Å². The van der Waals surface area contributed by atoms with Crippen LogP contribution in [0.5, 0.6) is 0 Å². The first-order valence-electron chi connectivity index (χ1n) is 7.71. The molecule has 2 heterocycles. The molecular formula is C16H19BrFN5O3. The van der Waals surface area contributed by atoms with Gasteiger partial charge in [0.25, 0.3) is 0 Å². The predicted molar refractivity (Wildman–Crippen MR) is 96.7 cm³/mol. The van der Waals surface area contributed by atoms with E-state index in [1.54, 1.807) is 32.9 Å². The van der Waals surface area contributed by atoms with Crippen molar-refractivity contribution in [2.45, 2.75) is 32.9 Å². The number of alkyl carbamates (subject to hydrolysis) is 1. The van der Waals surface area contributed by atoms with Crippen molar-refractivity contribution in [3.63, 3.8) is 0 Å². The molecule has 0 aliphatic heterocycles. The van der Waals surface area contributed by atoms with Crippen LogP contribution in [-0.4, -0.2) is 37.6 Å². The fraction of sp³-hybridized carbons (Fsp3) is 0.375. The van der Waals surface area contributed by atoms with Crippen molar-refractivity contribution < 1.29 is 13.9 Å². The minimum Gasteiger partial charge on any atom is -0.444 e. The van der Waals surface area contributed by atoms with E-state index < -0.39 is 17.4 Å². The molecular weight excluding hydrogens is 409 g/mol. The first-order valence-corrected chi connectivity index (χ1v) is 8.50. The van der Waals surface area contributed by atoms with Crippen LogP contribution in [-0.2, 0) is 11.3 Å². The molecule has 0 atom stereocenters. The van der Waals surface area contributed by atoms with E-state index in [-0.39, 0.29) is 18.7 Å². The molecule has 0 radical (unpaired) electrons. The molecule has 0 bridgehead atoms. The third kappa shape index (κ3) is 5.51. The second kappa shape index (κ2) is 8.26. The van der Waals surface area contributed by atoms with E-state index in [9.17, 15) is 14.0 Å². The van der Waals surface area contributed by atoms with E-state index in [4.69, 9.17) is 4.74 Å². The zero-order valence-corrected chi connectivity index (χ0v) is 16.2. The molecule has 0 aromatic carbocycles. The van der Waals surface area contributed by atoms with Gasteiger partial charge in [0.15, 0.2) is 0 Å². The third-order valence-corrected chi connectivity index (χ3v) is 3.56. The van der Waals surface area contributed by atoms with Crippen LogP contribution in [0.25, 0.3) is 5.69 Å². The minimum absolute atomic E-state index is 0.107. The van der Waals surface area contributed by atoms with E-state index in [0.717, 1.165) is 4.68 Å². The van der Waals surface area contributed by atoms with E-state index in [0.29, 0.717) is 16.6 Å². The van der Waals surface area contributed by atoms with Crippen molar-refractivity contribution in [1.82, 2.24) is 24.6 Å². The number of hydrogen-bond acceptors (Lipinski definition) is 5. The molecule has 0 saturated heterocycles. The van der Waals surface area contributed by atoms with Crippen molar-refractivity contribution >= 4 is 22.0 Å². The lowest BCUT2D eigenvalue weighted by atomic mass is 10.2. The average molecular weight is 428 g/mol. The summed E-state index contributed by atoms with van der Waals surface area (Å²) in [5.74, 6) is 0. The summed E-state index contributed by atoms with van der Waals surface area (Å²) in [4.78, 5) is 28.1. The number of ether oxygens (including phenoxy) is 1. The van der Waals surface area contributed by atoms with E-state index in [2.05, 4.69) is 31.3 Å². The third-order valence-electron chi connectivity index (χ3n) is 3.09. The number of carbonyl (C=O) groups is 1. The molecule has 0 fully saturated rings. The molecule has 1 N–H and O–H groups in total. The summed E-state index contributed by atoms with van der Waals surface area (Å²) in [5, 5.41) is 6.41. The summed E-state index contributed by atoms with van der Waals surface area (Å²) in [5.41, 5.74) is -0.414. The lowest BCUT2D eigenvalue weighted by Crippen LogP contribution is -2.34. The number of carbonyl (C=O) groups excluding carboxylic acids is 1. The summed E-state index contributed by atoms with van der Waals surface area (Å²) in [6.07, 6.45) is 2.50. The van der Waals surface area contributed by atoms with Crippen LogP contribution >= 0.6 is 15.9 Å². The Hall–Kier alpha value is -2.49. The van der Waals surface area contributed by atoms with Crippen LogP contribution in [0.15, 0.2) is 46.0 Å². The van der Waals surface area contributed by atoms with Gasteiger partial charge in [-0.15, -0.1) is 0 Å². The highest BCUT2D eigenvalue weighted by molar-refractivity contribution is 9.10. The normalized spacial score (nSPS) is 12.1. The molecule has 0 aliphatic rings. The molecule has 8 nitrogen and oxygen atoms in total. The monoisotopic (exact) mass is 427 g/mol. The average Bonchev–Trinajstić information content (AvgIpc) is 2.91. The van der Waals surface area contributed by atoms with Gasteiger partial charge in [-0.1, -0.05) is 0 Å². The molecule has 0 unspecified atom stereocenters. The van der Waals surface area contributed by atoms with Gasteiger partial charge in [-0.25, -0.2) is 28.2 Å².